The molecule has 0 unspecified atom stereocenters. The van der Waals surface area contributed by atoms with Gasteiger partial charge in [0.1, 0.15) is 5.76 Å². The minimum atomic E-state index is -3.47. The molecule has 0 aromatic carbocycles. The Balaban J connectivity index is 2.08. The third kappa shape index (κ3) is 3.62. The average Bonchev–Trinajstić information content (AvgIpc) is 3.13. The SMILES string of the molecule is CCCNCc1ccc(S(=O)(=O)N(CCC)C2CC2)o1. The summed E-state index contributed by atoms with van der Waals surface area (Å²) < 4.78 is 32.2. The van der Waals surface area contributed by atoms with Crippen LogP contribution in [0.5, 0.6) is 0 Å². The van der Waals surface area contributed by atoms with Crippen molar-refractivity contribution in [2.75, 3.05) is 13.1 Å². The second-order valence-electron chi connectivity index (χ2n) is 5.24. The van der Waals surface area contributed by atoms with Crippen molar-refractivity contribution < 1.29 is 12.8 Å². The van der Waals surface area contributed by atoms with E-state index in [0.29, 0.717) is 18.8 Å². The van der Waals surface area contributed by atoms with E-state index in [1.165, 1.54) is 0 Å². The molecule has 5 nitrogen and oxygen atoms in total. The summed E-state index contributed by atoms with van der Waals surface area (Å²) in [6.45, 7) is 6.11. The van der Waals surface area contributed by atoms with Gasteiger partial charge in [0.05, 0.1) is 6.54 Å². The summed E-state index contributed by atoms with van der Waals surface area (Å²) in [5.74, 6) is 0.671. The normalized spacial score (nSPS) is 15.9. The molecular weight excluding hydrogens is 276 g/mol. The van der Waals surface area contributed by atoms with Gasteiger partial charge < -0.3 is 9.73 Å². The van der Waals surface area contributed by atoms with Crippen LogP contribution in [0.15, 0.2) is 21.6 Å². The number of nitrogens with one attached hydrogen (secondary N) is 1. The molecule has 0 atom stereocenters. The van der Waals surface area contributed by atoms with Gasteiger partial charge in [-0.05, 0) is 44.4 Å². The summed E-state index contributed by atoms with van der Waals surface area (Å²) in [7, 11) is -3.47. The van der Waals surface area contributed by atoms with Crippen LogP contribution in [0.1, 0.15) is 45.3 Å². The smallest absolute Gasteiger partial charge is 0.276 e. The molecule has 1 aromatic rings. The fourth-order valence-corrected chi connectivity index (χ4v) is 3.89. The number of nitrogens with zero attached hydrogens (tertiary/aromatic N) is 1. The van der Waals surface area contributed by atoms with Gasteiger partial charge in [0, 0.05) is 12.6 Å². The molecule has 1 aliphatic carbocycles. The minimum Gasteiger partial charge on any atom is -0.447 e. The van der Waals surface area contributed by atoms with Crippen LogP contribution in [0.2, 0.25) is 0 Å². The maximum absolute atomic E-state index is 12.6. The van der Waals surface area contributed by atoms with Crippen molar-refractivity contribution >= 4 is 10.0 Å². The van der Waals surface area contributed by atoms with Gasteiger partial charge in [-0.3, -0.25) is 0 Å². The van der Waals surface area contributed by atoms with Gasteiger partial charge in [-0.1, -0.05) is 13.8 Å². The zero-order valence-electron chi connectivity index (χ0n) is 12.3. The molecule has 1 heterocycles. The molecule has 1 aromatic heterocycles. The first-order valence-electron chi connectivity index (χ1n) is 7.40. The molecule has 6 heteroatoms. The zero-order chi connectivity index (χ0) is 14.6. The number of rotatable bonds is 9. The highest BCUT2D eigenvalue weighted by atomic mass is 32.2. The van der Waals surface area contributed by atoms with Crippen molar-refractivity contribution in [3.63, 3.8) is 0 Å². The van der Waals surface area contributed by atoms with Crippen LogP contribution >= 0.6 is 0 Å². The molecule has 0 saturated heterocycles. The molecule has 0 aliphatic heterocycles. The Morgan fingerprint density at radius 3 is 2.65 bits per heavy atom. The Labute approximate surface area is 121 Å². The second-order valence-corrected chi connectivity index (χ2v) is 7.07. The number of sulfonamides is 1. The lowest BCUT2D eigenvalue weighted by Gasteiger charge is -2.19. The molecule has 20 heavy (non-hydrogen) atoms. The van der Waals surface area contributed by atoms with Gasteiger partial charge in [-0.15, -0.1) is 0 Å². The molecule has 0 amide bonds. The van der Waals surface area contributed by atoms with Crippen LogP contribution in [-0.2, 0) is 16.6 Å². The van der Waals surface area contributed by atoms with E-state index in [0.717, 1.165) is 32.2 Å². The zero-order valence-corrected chi connectivity index (χ0v) is 13.1. The van der Waals surface area contributed by atoms with E-state index in [4.69, 9.17) is 4.42 Å². The van der Waals surface area contributed by atoms with E-state index in [-0.39, 0.29) is 11.1 Å². The van der Waals surface area contributed by atoms with Crippen molar-refractivity contribution in [1.82, 2.24) is 9.62 Å². The van der Waals surface area contributed by atoms with Crippen molar-refractivity contribution in [2.45, 2.75) is 57.2 Å². The number of hydrogen-bond acceptors (Lipinski definition) is 4. The number of hydrogen-bond donors (Lipinski definition) is 1. The van der Waals surface area contributed by atoms with Crippen molar-refractivity contribution in [1.29, 1.82) is 0 Å². The molecule has 0 radical (unpaired) electrons. The highest BCUT2D eigenvalue weighted by Gasteiger charge is 2.38. The van der Waals surface area contributed by atoms with Gasteiger partial charge in [-0.2, -0.15) is 4.31 Å². The van der Waals surface area contributed by atoms with Crippen LogP contribution in [0, 0.1) is 0 Å². The predicted octanol–water partition coefficient (Wildman–Crippen LogP) is 2.34. The molecule has 1 fully saturated rings. The van der Waals surface area contributed by atoms with Crippen molar-refractivity contribution in [3.05, 3.63) is 17.9 Å². The molecule has 1 aliphatic rings. The standard InChI is InChI=1S/C14H24N2O3S/c1-3-9-15-11-13-7-8-14(19-13)20(17,18)16(10-4-2)12-5-6-12/h7-8,12,15H,3-6,9-11H2,1-2H3. The average molecular weight is 300 g/mol. The first-order valence-corrected chi connectivity index (χ1v) is 8.84. The highest BCUT2D eigenvalue weighted by molar-refractivity contribution is 7.89. The van der Waals surface area contributed by atoms with Crippen molar-refractivity contribution in [3.8, 4) is 0 Å². The van der Waals surface area contributed by atoms with Gasteiger partial charge in [0.15, 0.2) is 0 Å². The molecule has 1 saturated carbocycles. The molecule has 2 rings (SSSR count). The summed E-state index contributed by atoms with van der Waals surface area (Å²) in [6.07, 6.45) is 3.79. The fourth-order valence-electron chi connectivity index (χ4n) is 2.18. The third-order valence-electron chi connectivity index (χ3n) is 3.32. The van der Waals surface area contributed by atoms with Crippen LogP contribution in [-0.4, -0.2) is 31.9 Å². The third-order valence-corrected chi connectivity index (χ3v) is 5.15. The maximum atomic E-state index is 12.6. The number of furan rings is 1. The van der Waals surface area contributed by atoms with Crippen LogP contribution in [0.25, 0.3) is 0 Å². The van der Waals surface area contributed by atoms with E-state index >= 15 is 0 Å². The monoisotopic (exact) mass is 300 g/mol. The molecule has 0 spiro atoms. The van der Waals surface area contributed by atoms with E-state index < -0.39 is 10.0 Å². The van der Waals surface area contributed by atoms with Gasteiger partial charge >= 0.3 is 0 Å². The first kappa shape index (κ1) is 15.5. The first-order chi connectivity index (χ1) is 9.59. The highest BCUT2D eigenvalue weighted by Crippen LogP contribution is 2.32. The Kier molecular flexibility index (Phi) is 5.23. The Bertz CT molecular complexity index is 520. The topological polar surface area (TPSA) is 62.6 Å². The summed E-state index contributed by atoms with van der Waals surface area (Å²) in [6, 6.07) is 3.49. The molecular formula is C14H24N2O3S. The molecule has 0 bridgehead atoms. The van der Waals surface area contributed by atoms with Gasteiger partial charge in [-0.25, -0.2) is 8.42 Å². The summed E-state index contributed by atoms with van der Waals surface area (Å²) in [5.41, 5.74) is 0. The fraction of sp³-hybridized carbons (Fsp3) is 0.714. The summed E-state index contributed by atoms with van der Waals surface area (Å²) in [5, 5.41) is 3.28. The van der Waals surface area contributed by atoms with E-state index in [1.54, 1.807) is 16.4 Å². The molecule has 114 valence electrons. The van der Waals surface area contributed by atoms with Crippen LogP contribution < -0.4 is 5.32 Å². The summed E-state index contributed by atoms with van der Waals surface area (Å²) in [4.78, 5) is 0. The Hall–Kier alpha value is -0.850. The van der Waals surface area contributed by atoms with E-state index in [2.05, 4.69) is 12.2 Å². The lowest BCUT2D eigenvalue weighted by Crippen LogP contribution is -2.33. The van der Waals surface area contributed by atoms with Crippen LogP contribution in [0.3, 0.4) is 0 Å². The second kappa shape index (κ2) is 6.74. The van der Waals surface area contributed by atoms with E-state index in [1.807, 2.05) is 6.92 Å². The predicted molar refractivity (Wildman–Crippen MR) is 77.9 cm³/mol. The Morgan fingerprint density at radius 2 is 2.05 bits per heavy atom. The van der Waals surface area contributed by atoms with E-state index in [9.17, 15) is 8.42 Å². The van der Waals surface area contributed by atoms with Crippen LogP contribution in [0.4, 0.5) is 0 Å². The van der Waals surface area contributed by atoms with Gasteiger partial charge in [0.2, 0.25) is 5.09 Å². The Morgan fingerprint density at radius 1 is 1.30 bits per heavy atom. The van der Waals surface area contributed by atoms with Crippen molar-refractivity contribution in [2.24, 2.45) is 0 Å². The maximum Gasteiger partial charge on any atom is 0.276 e. The quantitative estimate of drug-likeness (QED) is 0.711. The summed E-state index contributed by atoms with van der Waals surface area (Å²) >= 11 is 0. The lowest BCUT2D eigenvalue weighted by molar-refractivity contribution is 0.358. The molecule has 1 N–H and O–H groups in total. The minimum absolute atomic E-state index is 0.0751. The van der Waals surface area contributed by atoms with Gasteiger partial charge in [0.25, 0.3) is 10.0 Å². The largest absolute Gasteiger partial charge is 0.447 e. The lowest BCUT2D eigenvalue weighted by atomic mass is 10.4.